The maximum absolute atomic E-state index is 5.78. The quantitative estimate of drug-likeness (QED) is 0.774. The molecule has 0 aromatic carbocycles. The largest absolute Gasteiger partial charge is 0.367 e. The molecule has 0 saturated carbocycles. The molecule has 1 aromatic heterocycles. The first-order valence-electron chi connectivity index (χ1n) is 5.33. The van der Waals surface area contributed by atoms with Gasteiger partial charge in [0, 0.05) is 13.0 Å². The van der Waals surface area contributed by atoms with Gasteiger partial charge >= 0.3 is 0 Å². The third-order valence-electron chi connectivity index (χ3n) is 2.79. The van der Waals surface area contributed by atoms with Crippen LogP contribution in [-0.4, -0.2) is 16.7 Å². The minimum Gasteiger partial charge on any atom is -0.367 e. The Hall–Kier alpha value is -1.38. The first-order valence-corrected chi connectivity index (χ1v) is 5.33. The molecule has 0 bridgehead atoms. The van der Waals surface area contributed by atoms with Gasteiger partial charge in [0.2, 0.25) is 11.7 Å². The smallest absolute Gasteiger partial charge is 0.244 e. The highest BCUT2D eigenvalue weighted by Crippen LogP contribution is 2.33. The molecular formula is C11H15N3O2. The van der Waals surface area contributed by atoms with Crippen LogP contribution in [0.25, 0.3) is 0 Å². The van der Waals surface area contributed by atoms with E-state index in [-0.39, 0.29) is 0 Å². The summed E-state index contributed by atoms with van der Waals surface area (Å²) in [7, 11) is 0. The van der Waals surface area contributed by atoms with Gasteiger partial charge in [0.25, 0.3) is 0 Å². The lowest BCUT2D eigenvalue weighted by Gasteiger charge is -2.17. The van der Waals surface area contributed by atoms with Gasteiger partial charge < -0.3 is 15.0 Å². The molecule has 0 amide bonds. The molecule has 2 N–H and O–H groups in total. The van der Waals surface area contributed by atoms with Crippen molar-refractivity contribution in [1.29, 1.82) is 0 Å². The molecule has 2 rings (SSSR count). The molecule has 5 heteroatoms. The maximum Gasteiger partial charge on any atom is 0.244 e. The fourth-order valence-electron chi connectivity index (χ4n) is 1.77. The van der Waals surface area contributed by atoms with Gasteiger partial charge in [0.1, 0.15) is 5.60 Å². The summed E-state index contributed by atoms with van der Waals surface area (Å²) < 4.78 is 10.7. The first kappa shape index (κ1) is 11.1. The summed E-state index contributed by atoms with van der Waals surface area (Å²) in [6.45, 7) is 2.69. The highest BCUT2D eigenvalue weighted by atomic mass is 16.5. The van der Waals surface area contributed by atoms with Crippen LogP contribution < -0.4 is 5.73 Å². The number of aromatic nitrogens is 2. The molecule has 1 saturated heterocycles. The van der Waals surface area contributed by atoms with Crippen LogP contribution in [0.2, 0.25) is 0 Å². The van der Waals surface area contributed by atoms with Crippen LogP contribution in [0.15, 0.2) is 4.52 Å². The highest BCUT2D eigenvalue weighted by Gasteiger charge is 2.37. The van der Waals surface area contributed by atoms with E-state index in [1.165, 1.54) is 0 Å². The van der Waals surface area contributed by atoms with E-state index >= 15 is 0 Å². The number of nitrogens with zero attached hydrogens (tertiary/aromatic N) is 2. The highest BCUT2D eigenvalue weighted by molar-refractivity contribution is 5.04. The van der Waals surface area contributed by atoms with Crippen LogP contribution in [0.4, 0.5) is 0 Å². The second-order valence-corrected chi connectivity index (χ2v) is 4.15. The van der Waals surface area contributed by atoms with Crippen LogP contribution >= 0.6 is 0 Å². The summed E-state index contributed by atoms with van der Waals surface area (Å²) >= 11 is 0. The van der Waals surface area contributed by atoms with Crippen molar-refractivity contribution in [3.8, 4) is 12.3 Å². The van der Waals surface area contributed by atoms with Crippen molar-refractivity contribution in [3.63, 3.8) is 0 Å². The molecule has 0 spiro atoms. The average molecular weight is 221 g/mol. The van der Waals surface area contributed by atoms with Gasteiger partial charge in [0.05, 0.1) is 6.04 Å². The number of rotatable bonds is 3. The van der Waals surface area contributed by atoms with E-state index in [0.29, 0.717) is 18.1 Å². The van der Waals surface area contributed by atoms with Crippen LogP contribution in [0, 0.1) is 12.3 Å². The molecule has 0 aliphatic carbocycles. The predicted octanol–water partition coefficient (Wildman–Crippen LogP) is 1.12. The number of nitrogens with two attached hydrogens (primary N) is 1. The Morgan fingerprint density at radius 2 is 2.50 bits per heavy atom. The molecule has 2 atom stereocenters. The van der Waals surface area contributed by atoms with Crippen molar-refractivity contribution in [2.24, 2.45) is 5.73 Å². The second-order valence-electron chi connectivity index (χ2n) is 4.15. The van der Waals surface area contributed by atoms with Gasteiger partial charge in [-0.05, 0) is 19.8 Å². The molecule has 16 heavy (non-hydrogen) atoms. The second kappa shape index (κ2) is 4.24. The zero-order valence-electron chi connectivity index (χ0n) is 9.27. The van der Waals surface area contributed by atoms with Crippen molar-refractivity contribution in [3.05, 3.63) is 11.7 Å². The monoisotopic (exact) mass is 221 g/mol. The Morgan fingerprint density at radius 3 is 3.12 bits per heavy atom. The molecule has 0 radical (unpaired) electrons. The first-order chi connectivity index (χ1) is 7.65. The molecule has 5 nitrogen and oxygen atoms in total. The Kier molecular flexibility index (Phi) is 2.95. The molecule has 2 heterocycles. The summed E-state index contributed by atoms with van der Waals surface area (Å²) in [6.07, 6.45) is 7.48. The lowest BCUT2D eigenvalue weighted by molar-refractivity contribution is 0.00768. The summed E-state index contributed by atoms with van der Waals surface area (Å²) in [4.78, 5) is 4.26. The maximum atomic E-state index is 5.78. The van der Waals surface area contributed by atoms with E-state index in [0.717, 1.165) is 19.4 Å². The summed E-state index contributed by atoms with van der Waals surface area (Å²) in [5.74, 6) is 3.41. The minimum absolute atomic E-state index is 0.379. The fraction of sp³-hybridized carbons (Fsp3) is 0.636. The van der Waals surface area contributed by atoms with Crippen LogP contribution in [0.5, 0.6) is 0 Å². The SMILES string of the molecule is C#CCC(N)c1nc(C2(C)CCCO2)no1. The van der Waals surface area contributed by atoms with Gasteiger partial charge in [-0.15, -0.1) is 12.3 Å². The lowest BCUT2D eigenvalue weighted by atomic mass is 10.0. The number of ether oxygens (including phenoxy) is 1. The molecule has 1 aromatic rings. The van der Waals surface area contributed by atoms with Crippen molar-refractivity contribution in [1.82, 2.24) is 10.1 Å². The van der Waals surface area contributed by atoms with Crippen molar-refractivity contribution in [2.75, 3.05) is 6.61 Å². The predicted molar refractivity (Wildman–Crippen MR) is 57.2 cm³/mol. The van der Waals surface area contributed by atoms with Crippen molar-refractivity contribution in [2.45, 2.75) is 37.8 Å². The van der Waals surface area contributed by atoms with Crippen LogP contribution in [0.3, 0.4) is 0 Å². The number of hydrogen-bond acceptors (Lipinski definition) is 5. The van der Waals surface area contributed by atoms with Crippen molar-refractivity contribution >= 4 is 0 Å². The van der Waals surface area contributed by atoms with E-state index in [1.807, 2.05) is 6.92 Å². The molecule has 86 valence electrons. The van der Waals surface area contributed by atoms with E-state index in [4.69, 9.17) is 21.4 Å². The third kappa shape index (κ3) is 1.94. The molecule has 1 aliphatic heterocycles. The summed E-state index contributed by atoms with van der Waals surface area (Å²) in [6, 6.07) is -0.392. The van der Waals surface area contributed by atoms with Gasteiger partial charge in [-0.2, -0.15) is 4.98 Å². The Labute approximate surface area is 94.3 Å². The standard InChI is InChI=1S/C11H15N3O2/c1-3-5-8(12)9-13-10(14-16-9)11(2)6-4-7-15-11/h1,8H,4-7,12H2,2H3. The van der Waals surface area contributed by atoms with Gasteiger partial charge in [-0.25, -0.2) is 0 Å². The van der Waals surface area contributed by atoms with E-state index in [2.05, 4.69) is 16.1 Å². The van der Waals surface area contributed by atoms with Crippen LogP contribution in [-0.2, 0) is 10.3 Å². The lowest BCUT2D eigenvalue weighted by Crippen LogP contribution is -2.22. The Morgan fingerprint density at radius 1 is 1.69 bits per heavy atom. The number of hydrogen-bond donors (Lipinski definition) is 1. The van der Waals surface area contributed by atoms with E-state index in [1.54, 1.807) is 0 Å². The van der Waals surface area contributed by atoms with Gasteiger partial charge in [-0.3, -0.25) is 0 Å². The van der Waals surface area contributed by atoms with Crippen LogP contribution in [0.1, 0.15) is 43.9 Å². The normalized spacial score (nSPS) is 26.6. The van der Waals surface area contributed by atoms with Gasteiger partial charge in [-0.1, -0.05) is 5.16 Å². The average Bonchev–Trinajstić information content (AvgIpc) is 2.86. The van der Waals surface area contributed by atoms with Gasteiger partial charge in [0.15, 0.2) is 0 Å². The topological polar surface area (TPSA) is 74.2 Å². The Bertz CT molecular complexity index is 402. The summed E-state index contributed by atoms with van der Waals surface area (Å²) in [5, 5.41) is 3.91. The summed E-state index contributed by atoms with van der Waals surface area (Å²) in [5.41, 5.74) is 5.35. The molecular weight excluding hydrogens is 206 g/mol. The zero-order chi connectivity index (χ0) is 11.6. The van der Waals surface area contributed by atoms with E-state index in [9.17, 15) is 0 Å². The van der Waals surface area contributed by atoms with Crippen molar-refractivity contribution < 1.29 is 9.26 Å². The third-order valence-corrected chi connectivity index (χ3v) is 2.79. The van der Waals surface area contributed by atoms with E-state index < -0.39 is 11.6 Å². The molecule has 1 aliphatic rings. The fourth-order valence-corrected chi connectivity index (χ4v) is 1.77. The molecule has 1 fully saturated rings. The molecule has 2 unspecified atom stereocenters. The Balaban J connectivity index is 2.16. The zero-order valence-corrected chi connectivity index (χ0v) is 9.27. The number of terminal acetylenes is 1. The minimum atomic E-state index is -0.433.